The van der Waals surface area contributed by atoms with Crippen LogP contribution in [-0.4, -0.2) is 72.0 Å². The van der Waals surface area contributed by atoms with Gasteiger partial charge in [-0.05, 0) is 54.6 Å². The first-order valence-electron chi connectivity index (χ1n) is 6.56. The molecule has 108 valence electrons. The van der Waals surface area contributed by atoms with Crippen molar-refractivity contribution < 1.29 is 31.3 Å². The molecule has 0 aliphatic rings. The Bertz CT molecular complexity index is 204. The normalized spacial score (nSPS) is 13.3. The second-order valence-corrected chi connectivity index (χ2v) is 5.24. The Hall–Kier alpha value is 0.723. The van der Waals surface area contributed by atoms with Gasteiger partial charge in [-0.25, -0.2) is 0 Å². The van der Waals surface area contributed by atoms with Crippen LogP contribution in [-0.2, 0) is 26.2 Å². The summed E-state index contributed by atoms with van der Waals surface area (Å²) >= 11 is 0. The summed E-state index contributed by atoms with van der Waals surface area (Å²) in [6, 6.07) is 0. The molecule has 0 amide bonds. The van der Waals surface area contributed by atoms with Crippen LogP contribution in [0.4, 0.5) is 0 Å². The molecule has 0 rings (SSSR count). The van der Waals surface area contributed by atoms with Crippen LogP contribution >= 0.6 is 0 Å². The van der Waals surface area contributed by atoms with Crippen LogP contribution in [0.5, 0.6) is 0 Å². The summed E-state index contributed by atoms with van der Waals surface area (Å²) in [5, 5.41) is 10.7. The minimum absolute atomic E-state index is 0. The number of hydrogen-bond acceptors (Lipinski definition) is 4. The van der Waals surface area contributed by atoms with Crippen molar-refractivity contribution in [3.05, 3.63) is 0 Å². The van der Waals surface area contributed by atoms with Gasteiger partial charge in [-0.1, -0.05) is 20.8 Å². The monoisotopic (exact) mass is 335 g/mol. The van der Waals surface area contributed by atoms with E-state index in [1.807, 2.05) is 13.8 Å². The minimum atomic E-state index is -0.840. The van der Waals surface area contributed by atoms with E-state index in [0.29, 0.717) is 0 Å². The van der Waals surface area contributed by atoms with Crippen molar-refractivity contribution in [3.8, 4) is 0 Å². The fourth-order valence-electron chi connectivity index (χ4n) is 2.94. The molecule has 5 heteroatoms. The maximum atomic E-state index is 10.7. The van der Waals surface area contributed by atoms with E-state index in [9.17, 15) is 5.11 Å². The van der Waals surface area contributed by atoms with Crippen molar-refractivity contribution in [1.82, 2.24) is 14.7 Å². The minimum Gasteiger partial charge on any atom is -0.386 e. The van der Waals surface area contributed by atoms with Crippen LogP contribution in [0.15, 0.2) is 0 Å². The SMILES string of the molecule is CCN(C)C(N(C)CC)(N(C)CC)C(C)(C)O.[Zr]. The molecule has 0 spiro atoms. The molecule has 4 nitrogen and oxygen atoms in total. The Morgan fingerprint density at radius 1 is 0.778 bits per heavy atom. The van der Waals surface area contributed by atoms with E-state index in [1.165, 1.54) is 0 Å². The van der Waals surface area contributed by atoms with Crippen LogP contribution in [0.3, 0.4) is 0 Å². The fraction of sp³-hybridized carbons (Fsp3) is 1.00. The predicted octanol–water partition coefficient (Wildman–Crippen LogP) is 1.26. The molecule has 0 heterocycles. The molecule has 0 aromatic rings. The van der Waals surface area contributed by atoms with Crippen molar-refractivity contribution >= 4 is 0 Å². The summed E-state index contributed by atoms with van der Waals surface area (Å²) in [6.07, 6.45) is 0. The molecule has 0 aliphatic heterocycles. The van der Waals surface area contributed by atoms with E-state index in [2.05, 4.69) is 56.6 Å². The Balaban J connectivity index is 0. The van der Waals surface area contributed by atoms with Crippen molar-refractivity contribution in [2.75, 3.05) is 40.8 Å². The summed E-state index contributed by atoms with van der Waals surface area (Å²) in [5.41, 5.74) is -0.840. The van der Waals surface area contributed by atoms with Gasteiger partial charge >= 0.3 is 0 Å². The Morgan fingerprint density at radius 3 is 1.11 bits per heavy atom. The van der Waals surface area contributed by atoms with Crippen LogP contribution < -0.4 is 0 Å². The van der Waals surface area contributed by atoms with E-state index >= 15 is 0 Å². The molecule has 0 atom stereocenters. The molecule has 0 aromatic heterocycles. The zero-order valence-electron chi connectivity index (χ0n) is 13.4. The van der Waals surface area contributed by atoms with Gasteiger partial charge in [-0.3, -0.25) is 14.7 Å². The van der Waals surface area contributed by atoms with Gasteiger partial charge < -0.3 is 5.11 Å². The molecule has 0 saturated heterocycles. The van der Waals surface area contributed by atoms with E-state index in [0.717, 1.165) is 19.6 Å². The molecule has 0 aliphatic carbocycles. The Labute approximate surface area is 132 Å². The van der Waals surface area contributed by atoms with Gasteiger partial charge in [-0.2, -0.15) is 0 Å². The molecule has 0 aromatic carbocycles. The first-order valence-corrected chi connectivity index (χ1v) is 6.56. The fourth-order valence-corrected chi connectivity index (χ4v) is 2.94. The zero-order chi connectivity index (χ0) is 13.9. The number of rotatable bonds is 7. The van der Waals surface area contributed by atoms with Gasteiger partial charge in [0.1, 0.15) is 5.60 Å². The summed E-state index contributed by atoms with van der Waals surface area (Å²) in [6.45, 7) is 12.8. The first-order chi connectivity index (χ1) is 7.69. The van der Waals surface area contributed by atoms with Crippen molar-refractivity contribution in [2.24, 2.45) is 0 Å². The van der Waals surface area contributed by atoms with Gasteiger partial charge in [0.2, 0.25) is 0 Å². The van der Waals surface area contributed by atoms with Gasteiger partial charge in [0, 0.05) is 26.2 Å². The quantitative estimate of drug-likeness (QED) is 0.709. The molecule has 0 bridgehead atoms. The molecule has 0 unspecified atom stereocenters. The van der Waals surface area contributed by atoms with Crippen LogP contribution in [0.25, 0.3) is 0 Å². The topological polar surface area (TPSA) is 30.0 Å². The average Bonchev–Trinajstić information content (AvgIpc) is 2.26. The van der Waals surface area contributed by atoms with Crippen LogP contribution in [0.2, 0.25) is 0 Å². The van der Waals surface area contributed by atoms with Crippen molar-refractivity contribution in [2.45, 2.75) is 46.0 Å². The maximum absolute atomic E-state index is 10.7. The van der Waals surface area contributed by atoms with Crippen LogP contribution in [0, 0.1) is 0 Å². The third-order valence-electron chi connectivity index (χ3n) is 3.84. The zero-order valence-corrected chi connectivity index (χ0v) is 15.9. The number of likely N-dealkylation sites (N-methyl/N-ethyl adjacent to an activating group) is 3. The summed E-state index contributed by atoms with van der Waals surface area (Å²) < 4.78 is 0. The molecule has 0 radical (unpaired) electrons. The standard InChI is InChI=1S/C13H31N3O.Zr/c1-9-14(6)13(12(4,5)17,15(7)10-2)16(8)11-3;/h17H,9-11H2,1-8H3;. The second-order valence-electron chi connectivity index (χ2n) is 5.24. The smallest absolute Gasteiger partial charge is 0.159 e. The third kappa shape index (κ3) is 3.64. The summed E-state index contributed by atoms with van der Waals surface area (Å²) in [4.78, 5) is 6.62. The molecule has 0 fully saturated rings. The van der Waals surface area contributed by atoms with Gasteiger partial charge in [0.15, 0.2) is 5.79 Å². The van der Waals surface area contributed by atoms with Crippen LogP contribution in [0.1, 0.15) is 34.6 Å². The van der Waals surface area contributed by atoms with Gasteiger partial charge in [0.25, 0.3) is 0 Å². The van der Waals surface area contributed by atoms with Gasteiger partial charge in [-0.15, -0.1) is 0 Å². The maximum Gasteiger partial charge on any atom is 0.159 e. The molecular weight excluding hydrogens is 305 g/mol. The summed E-state index contributed by atoms with van der Waals surface area (Å²) in [5.74, 6) is -0.481. The molecule has 0 saturated carbocycles. The Morgan fingerprint density at radius 2 is 1.00 bits per heavy atom. The van der Waals surface area contributed by atoms with E-state index < -0.39 is 11.4 Å². The average molecular weight is 337 g/mol. The second kappa shape index (κ2) is 8.11. The molecule has 1 N–H and O–H groups in total. The summed E-state index contributed by atoms with van der Waals surface area (Å²) in [7, 11) is 6.20. The number of nitrogens with zero attached hydrogens (tertiary/aromatic N) is 3. The number of aliphatic hydroxyl groups is 1. The van der Waals surface area contributed by atoms with E-state index in [-0.39, 0.29) is 26.2 Å². The molecule has 18 heavy (non-hydrogen) atoms. The van der Waals surface area contributed by atoms with E-state index in [4.69, 9.17) is 0 Å². The number of hydrogen-bond donors (Lipinski definition) is 1. The largest absolute Gasteiger partial charge is 0.386 e. The Kier molecular flexibility index (Phi) is 9.47. The predicted molar refractivity (Wildman–Crippen MR) is 73.9 cm³/mol. The van der Waals surface area contributed by atoms with E-state index in [1.54, 1.807) is 0 Å². The van der Waals surface area contributed by atoms with Crippen molar-refractivity contribution in [3.63, 3.8) is 0 Å². The van der Waals surface area contributed by atoms with Gasteiger partial charge in [0.05, 0.1) is 0 Å². The third-order valence-corrected chi connectivity index (χ3v) is 3.84. The first kappa shape index (κ1) is 21.0. The molecular formula is C13H31N3OZr. The van der Waals surface area contributed by atoms with Crippen molar-refractivity contribution in [1.29, 1.82) is 0 Å².